The van der Waals surface area contributed by atoms with Crippen LogP contribution < -0.4 is 5.73 Å². The Morgan fingerprint density at radius 3 is 3.00 bits per heavy atom. The van der Waals surface area contributed by atoms with Crippen molar-refractivity contribution in [2.45, 2.75) is 6.04 Å². The van der Waals surface area contributed by atoms with Gasteiger partial charge in [-0.05, 0) is 0 Å². The number of carbonyl (C=O) groups is 1. The van der Waals surface area contributed by atoms with Crippen molar-refractivity contribution < 1.29 is 4.79 Å². The van der Waals surface area contributed by atoms with Crippen LogP contribution in [0.3, 0.4) is 0 Å². The molecule has 2 unspecified atom stereocenters. The van der Waals surface area contributed by atoms with Gasteiger partial charge >= 0.3 is 0 Å². The maximum atomic E-state index is 10.2. The molecular weight excluding hydrogens is 118 g/mol. The van der Waals surface area contributed by atoms with E-state index in [-0.39, 0.29) is 18.5 Å². The lowest BCUT2D eigenvalue weighted by molar-refractivity contribution is -0.118. The van der Waals surface area contributed by atoms with Crippen LogP contribution in [0.2, 0.25) is 0 Å². The minimum Gasteiger partial charge on any atom is -0.369 e. The van der Waals surface area contributed by atoms with Gasteiger partial charge in [0.25, 0.3) is 0 Å². The summed E-state index contributed by atoms with van der Waals surface area (Å²) in [7, 11) is 0. The second-order valence-electron chi connectivity index (χ2n) is 2.04. The molecule has 1 amide bonds. The normalized spacial score (nSPS) is 31.0. The molecule has 4 nitrogen and oxygen atoms in total. The van der Waals surface area contributed by atoms with Gasteiger partial charge in [-0.1, -0.05) is 0 Å². The van der Waals surface area contributed by atoms with Gasteiger partial charge in [0, 0.05) is 6.54 Å². The third-order valence-corrected chi connectivity index (χ3v) is 1.22. The molecule has 2 atom stereocenters. The molecule has 1 rings (SSSR count). The van der Waals surface area contributed by atoms with Crippen LogP contribution in [-0.4, -0.2) is 29.9 Å². The number of nitriles is 1. The SMILES string of the molecule is N#CC1CN1CC(N)=O. The molecule has 4 heteroatoms. The highest BCUT2D eigenvalue weighted by Gasteiger charge is 2.34. The molecule has 48 valence electrons. The predicted octanol–water partition coefficient (Wildman–Crippen LogP) is -1.32. The van der Waals surface area contributed by atoms with Gasteiger partial charge in [0.2, 0.25) is 5.91 Å². The molecule has 9 heavy (non-hydrogen) atoms. The van der Waals surface area contributed by atoms with Crippen molar-refractivity contribution in [3.8, 4) is 6.07 Å². The molecule has 0 bridgehead atoms. The van der Waals surface area contributed by atoms with Crippen molar-refractivity contribution in [1.29, 1.82) is 5.26 Å². The summed E-state index contributed by atoms with van der Waals surface area (Å²) in [6.45, 7) is 0.914. The summed E-state index contributed by atoms with van der Waals surface area (Å²) in [6, 6.07) is 1.95. The van der Waals surface area contributed by atoms with Gasteiger partial charge in [-0.15, -0.1) is 0 Å². The number of primary amides is 1. The number of hydrogen-bond donors (Lipinski definition) is 1. The van der Waals surface area contributed by atoms with Crippen LogP contribution in [0.4, 0.5) is 0 Å². The first-order valence-electron chi connectivity index (χ1n) is 2.66. The number of hydrogen-bond acceptors (Lipinski definition) is 3. The molecule has 1 heterocycles. The van der Waals surface area contributed by atoms with E-state index in [4.69, 9.17) is 11.0 Å². The van der Waals surface area contributed by atoms with Crippen LogP contribution in [0.25, 0.3) is 0 Å². The third-order valence-electron chi connectivity index (χ3n) is 1.22. The molecule has 0 aromatic rings. The zero-order chi connectivity index (χ0) is 6.85. The Bertz CT molecular complexity index is 172. The Kier molecular flexibility index (Phi) is 1.37. The first kappa shape index (κ1) is 6.05. The summed E-state index contributed by atoms with van der Waals surface area (Å²) in [4.78, 5) is 11.9. The topological polar surface area (TPSA) is 69.9 Å². The number of amides is 1. The van der Waals surface area contributed by atoms with E-state index in [0.29, 0.717) is 6.54 Å². The molecule has 0 aromatic heterocycles. The second-order valence-corrected chi connectivity index (χ2v) is 2.04. The van der Waals surface area contributed by atoms with E-state index >= 15 is 0 Å². The zero-order valence-corrected chi connectivity index (χ0v) is 4.87. The standard InChI is InChI=1S/C5H7N3O/c6-1-4-2-8(4)3-5(7)9/h4H,2-3H2,(H2,7,9). The predicted molar refractivity (Wildman–Crippen MR) is 30.2 cm³/mol. The average Bonchev–Trinajstić information content (AvgIpc) is 2.45. The quantitative estimate of drug-likeness (QED) is 0.465. The number of nitrogens with two attached hydrogens (primary N) is 1. The van der Waals surface area contributed by atoms with Crippen molar-refractivity contribution in [3.05, 3.63) is 0 Å². The summed E-state index contributed by atoms with van der Waals surface area (Å²) in [5.41, 5.74) is 4.86. The Hall–Kier alpha value is -1.08. The van der Waals surface area contributed by atoms with E-state index in [9.17, 15) is 4.79 Å². The maximum Gasteiger partial charge on any atom is 0.231 e. The van der Waals surface area contributed by atoms with Crippen LogP contribution in [0.15, 0.2) is 0 Å². The fourth-order valence-electron chi connectivity index (χ4n) is 0.672. The molecule has 0 aliphatic carbocycles. The minimum absolute atomic E-state index is 0.0579. The van der Waals surface area contributed by atoms with Crippen LogP contribution in [0.5, 0.6) is 0 Å². The molecule has 1 aliphatic rings. The summed E-state index contributed by atoms with van der Waals surface area (Å²) in [5.74, 6) is -0.368. The monoisotopic (exact) mass is 125 g/mol. The van der Waals surface area contributed by atoms with E-state index in [1.807, 2.05) is 6.07 Å². The van der Waals surface area contributed by atoms with Crippen molar-refractivity contribution in [2.24, 2.45) is 5.73 Å². The molecule has 0 aromatic carbocycles. The summed E-state index contributed by atoms with van der Waals surface area (Å²) in [6.07, 6.45) is 0. The van der Waals surface area contributed by atoms with Gasteiger partial charge in [-0.2, -0.15) is 5.26 Å². The van der Waals surface area contributed by atoms with E-state index < -0.39 is 0 Å². The first-order valence-corrected chi connectivity index (χ1v) is 2.66. The van der Waals surface area contributed by atoms with E-state index in [2.05, 4.69) is 0 Å². The molecule has 0 spiro atoms. The molecule has 1 fully saturated rings. The zero-order valence-electron chi connectivity index (χ0n) is 4.87. The van der Waals surface area contributed by atoms with Crippen molar-refractivity contribution in [1.82, 2.24) is 4.90 Å². The van der Waals surface area contributed by atoms with Gasteiger partial charge in [0.15, 0.2) is 0 Å². The Morgan fingerprint density at radius 2 is 2.67 bits per heavy atom. The van der Waals surface area contributed by atoms with Gasteiger partial charge in [-0.25, -0.2) is 0 Å². The first-order chi connectivity index (χ1) is 4.24. The van der Waals surface area contributed by atoms with Gasteiger partial charge < -0.3 is 5.73 Å². The average molecular weight is 125 g/mol. The second kappa shape index (κ2) is 2.03. The Balaban J connectivity index is 2.22. The minimum atomic E-state index is -0.368. The molecular formula is C5H7N3O. The van der Waals surface area contributed by atoms with Crippen LogP contribution in [-0.2, 0) is 4.79 Å². The fraction of sp³-hybridized carbons (Fsp3) is 0.600. The van der Waals surface area contributed by atoms with Crippen LogP contribution >= 0.6 is 0 Å². The number of carbonyl (C=O) groups excluding carboxylic acids is 1. The van der Waals surface area contributed by atoms with E-state index in [1.165, 1.54) is 0 Å². The molecule has 2 N–H and O–H groups in total. The lowest BCUT2D eigenvalue weighted by Crippen LogP contribution is -2.22. The van der Waals surface area contributed by atoms with Crippen molar-refractivity contribution >= 4 is 5.91 Å². The molecule has 1 aliphatic heterocycles. The molecule has 1 saturated heterocycles. The Morgan fingerprint density at radius 1 is 2.00 bits per heavy atom. The lowest BCUT2D eigenvalue weighted by Gasteiger charge is -1.91. The largest absolute Gasteiger partial charge is 0.369 e. The van der Waals surface area contributed by atoms with Crippen LogP contribution in [0, 0.1) is 11.3 Å². The van der Waals surface area contributed by atoms with Gasteiger partial charge in [0.1, 0.15) is 6.04 Å². The molecule has 0 radical (unpaired) electrons. The highest BCUT2D eigenvalue weighted by atomic mass is 16.1. The van der Waals surface area contributed by atoms with Crippen LogP contribution in [0.1, 0.15) is 0 Å². The number of nitrogens with zero attached hydrogens (tertiary/aromatic N) is 2. The maximum absolute atomic E-state index is 10.2. The highest BCUT2D eigenvalue weighted by Crippen LogP contribution is 2.13. The van der Waals surface area contributed by atoms with Gasteiger partial charge in [0.05, 0.1) is 12.6 Å². The van der Waals surface area contributed by atoms with E-state index in [0.717, 1.165) is 0 Å². The third kappa shape index (κ3) is 1.40. The smallest absolute Gasteiger partial charge is 0.231 e. The van der Waals surface area contributed by atoms with Gasteiger partial charge in [-0.3, -0.25) is 9.69 Å². The van der Waals surface area contributed by atoms with Crippen molar-refractivity contribution in [2.75, 3.05) is 13.1 Å². The summed E-state index contributed by atoms with van der Waals surface area (Å²) in [5, 5.41) is 8.25. The Labute approximate surface area is 52.8 Å². The molecule has 0 saturated carbocycles. The summed E-state index contributed by atoms with van der Waals surface area (Å²) >= 11 is 0. The number of rotatable bonds is 2. The highest BCUT2D eigenvalue weighted by molar-refractivity contribution is 5.76. The summed E-state index contributed by atoms with van der Waals surface area (Å²) < 4.78 is 0. The fourth-order valence-corrected chi connectivity index (χ4v) is 0.672. The van der Waals surface area contributed by atoms with Crippen molar-refractivity contribution in [3.63, 3.8) is 0 Å². The van der Waals surface area contributed by atoms with E-state index in [1.54, 1.807) is 4.90 Å². The lowest BCUT2D eigenvalue weighted by atomic mass is 10.5.